The highest BCUT2D eigenvalue weighted by Gasteiger charge is 2.60. The van der Waals surface area contributed by atoms with Gasteiger partial charge in [-0.05, 0) is 113 Å². The largest absolute Gasteiger partial charge is 0.339 e. The number of benzene rings is 1. The molecule has 7 saturated carbocycles. The highest BCUT2D eigenvalue weighted by molar-refractivity contribution is 5.96. The number of hydrogen-bond donors (Lipinski definition) is 0. The van der Waals surface area contributed by atoms with Crippen LogP contribution in [0.4, 0.5) is 10.1 Å². The molecule has 7 aliphatic rings. The van der Waals surface area contributed by atoms with Crippen LogP contribution in [0.2, 0.25) is 0 Å². The highest BCUT2D eigenvalue weighted by Crippen LogP contribution is 2.60. The van der Waals surface area contributed by atoms with Crippen molar-refractivity contribution in [2.75, 3.05) is 11.4 Å². The van der Waals surface area contributed by atoms with E-state index in [-0.39, 0.29) is 28.6 Å². The van der Waals surface area contributed by atoms with E-state index >= 15 is 0 Å². The van der Waals surface area contributed by atoms with Crippen molar-refractivity contribution in [3.05, 3.63) is 53.8 Å². The van der Waals surface area contributed by atoms with Crippen molar-refractivity contribution in [3.8, 4) is 11.3 Å². The Hall–Kier alpha value is -3.16. The highest BCUT2D eigenvalue weighted by atomic mass is 19.1. The number of alkyl halides is 1. The Morgan fingerprint density at radius 1 is 1.02 bits per heavy atom. The second-order valence-electron chi connectivity index (χ2n) is 13.7. The Kier molecular flexibility index (Phi) is 5.34. The van der Waals surface area contributed by atoms with Gasteiger partial charge in [-0.3, -0.25) is 4.79 Å². The van der Waals surface area contributed by atoms with Crippen LogP contribution in [0, 0.1) is 24.2 Å². The Labute approximate surface area is 233 Å². The van der Waals surface area contributed by atoms with Crippen LogP contribution in [0.3, 0.4) is 0 Å². The zero-order valence-corrected chi connectivity index (χ0v) is 23.1. The maximum Gasteiger partial charge on any atom is 0.232 e. The standard InChI is InChI=1S/C32H36FN5O2/c1-20-5-8-26(36-35-20)22-3-2-4-24(15-22)38(28(39)25-18-32(33)16-23(25)17-32)19-30-9-12-31(13-10-30,14-11-30)29-34-27(37-40-29)21-6-7-21/h2-5,8,15,21,23,25H,6-7,9-14,16-19H2,1H3. The van der Waals surface area contributed by atoms with E-state index in [1.54, 1.807) is 0 Å². The molecule has 40 heavy (non-hydrogen) atoms. The lowest BCUT2D eigenvalue weighted by molar-refractivity contribution is -0.123. The summed E-state index contributed by atoms with van der Waals surface area (Å²) >= 11 is 0. The third kappa shape index (κ3) is 4.00. The minimum Gasteiger partial charge on any atom is -0.339 e. The molecule has 1 aromatic carbocycles. The number of nitrogens with zero attached hydrogens (tertiary/aromatic N) is 5. The monoisotopic (exact) mass is 541 g/mol. The number of halogens is 1. The molecule has 1 amide bonds. The predicted octanol–water partition coefficient (Wildman–Crippen LogP) is 6.48. The summed E-state index contributed by atoms with van der Waals surface area (Å²) < 4.78 is 20.8. The molecule has 7 nitrogen and oxygen atoms in total. The van der Waals surface area contributed by atoms with Crippen molar-refractivity contribution in [3.63, 3.8) is 0 Å². The average Bonchev–Trinajstić information content (AvgIpc) is 3.44. The molecule has 0 N–H and O–H groups in total. The lowest BCUT2D eigenvalue weighted by Crippen LogP contribution is -2.51. The maximum atomic E-state index is 14.9. The van der Waals surface area contributed by atoms with Gasteiger partial charge >= 0.3 is 0 Å². The molecule has 0 radical (unpaired) electrons. The topological polar surface area (TPSA) is 85.0 Å². The van der Waals surface area contributed by atoms with E-state index < -0.39 is 5.67 Å². The van der Waals surface area contributed by atoms with Gasteiger partial charge in [0, 0.05) is 35.0 Å². The molecule has 3 aromatic rings. The Morgan fingerprint density at radius 3 is 2.45 bits per heavy atom. The zero-order chi connectivity index (χ0) is 27.1. The van der Waals surface area contributed by atoms with Crippen LogP contribution in [-0.2, 0) is 10.2 Å². The molecule has 7 aliphatic carbocycles. The minimum atomic E-state index is -1.13. The Morgan fingerprint density at radius 2 is 1.80 bits per heavy atom. The first-order valence-electron chi connectivity index (χ1n) is 15.1. The lowest BCUT2D eigenvalue weighted by Gasteiger charge is -2.53. The number of amides is 1. The first-order chi connectivity index (χ1) is 19.3. The van der Waals surface area contributed by atoms with Crippen LogP contribution >= 0.6 is 0 Å². The van der Waals surface area contributed by atoms with Gasteiger partial charge in [0.15, 0.2) is 5.82 Å². The molecule has 208 valence electrons. The number of aryl methyl sites for hydroxylation is 1. The fraction of sp³-hybridized carbons (Fsp3) is 0.594. The second kappa shape index (κ2) is 8.67. The van der Waals surface area contributed by atoms with Gasteiger partial charge in [-0.2, -0.15) is 15.2 Å². The summed E-state index contributed by atoms with van der Waals surface area (Å²) in [5.74, 6) is 2.26. The number of fused-ring (bicyclic) bond motifs is 4. The molecule has 8 heteroatoms. The smallest absolute Gasteiger partial charge is 0.232 e. The Balaban J connectivity index is 1.08. The number of aromatic nitrogens is 4. The number of rotatable bonds is 7. The fourth-order valence-corrected chi connectivity index (χ4v) is 8.18. The number of hydrogen-bond acceptors (Lipinski definition) is 6. The van der Waals surface area contributed by atoms with Crippen LogP contribution in [-0.4, -0.2) is 38.5 Å². The molecular formula is C32H36FN5O2. The summed E-state index contributed by atoms with van der Waals surface area (Å²) in [5, 5.41) is 12.9. The normalized spacial score (nSPS) is 34.0. The third-order valence-electron chi connectivity index (χ3n) is 11.0. The zero-order valence-electron chi connectivity index (χ0n) is 23.1. The molecular weight excluding hydrogens is 505 g/mol. The van der Waals surface area contributed by atoms with Gasteiger partial charge in [-0.1, -0.05) is 17.3 Å². The molecule has 10 rings (SSSR count). The van der Waals surface area contributed by atoms with Gasteiger partial charge < -0.3 is 9.42 Å². The second-order valence-corrected chi connectivity index (χ2v) is 13.7. The third-order valence-corrected chi connectivity index (χ3v) is 11.0. The molecule has 7 fully saturated rings. The molecule has 1 unspecified atom stereocenters. The number of anilines is 1. The average molecular weight is 542 g/mol. The first-order valence-corrected chi connectivity index (χ1v) is 15.1. The summed E-state index contributed by atoms with van der Waals surface area (Å²) in [7, 11) is 0. The van der Waals surface area contributed by atoms with E-state index in [9.17, 15) is 9.18 Å². The number of carbonyl (C=O) groups excluding carboxylic acids is 1. The molecule has 2 heterocycles. The first kappa shape index (κ1) is 24.6. The van der Waals surface area contributed by atoms with Crippen LogP contribution < -0.4 is 4.90 Å². The summed E-state index contributed by atoms with van der Waals surface area (Å²) in [5.41, 5.74) is 2.36. The minimum absolute atomic E-state index is 0.0198. The summed E-state index contributed by atoms with van der Waals surface area (Å²) in [6.45, 7) is 2.59. The SMILES string of the molecule is Cc1ccc(-c2cccc(N(CC34CCC(c5nc(C6CC6)no5)(CC3)CC4)C(=O)C3CC4(F)CC3C4)c2)nn1. The van der Waals surface area contributed by atoms with Gasteiger partial charge in [0.2, 0.25) is 11.8 Å². The quantitative estimate of drug-likeness (QED) is 0.341. The predicted molar refractivity (Wildman–Crippen MR) is 147 cm³/mol. The van der Waals surface area contributed by atoms with Crippen LogP contribution in [0.25, 0.3) is 11.3 Å². The van der Waals surface area contributed by atoms with E-state index in [0.29, 0.717) is 31.7 Å². The van der Waals surface area contributed by atoms with Crippen molar-refractivity contribution >= 4 is 11.6 Å². The van der Waals surface area contributed by atoms with Gasteiger partial charge in [0.25, 0.3) is 0 Å². The Bertz CT molecular complexity index is 1430. The number of carbonyl (C=O) groups is 1. The van der Waals surface area contributed by atoms with Gasteiger partial charge in [-0.25, -0.2) is 4.39 Å². The summed E-state index contributed by atoms with van der Waals surface area (Å²) in [4.78, 5) is 21.1. The van der Waals surface area contributed by atoms with Crippen molar-refractivity contribution in [1.82, 2.24) is 20.3 Å². The van der Waals surface area contributed by atoms with Gasteiger partial charge in [0.05, 0.1) is 11.4 Å². The molecule has 0 saturated heterocycles. The van der Waals surface area contributed by atoms with E-state index in [0.717, 1.165) is 72.9 Å². The molecule has 2 aromatic heterocycles. The molecule has 0 spiro atoms. The van der Waals surface area contributed by atoms with Crippen molar-refractivity contribution in [1.29, 1.82) is 0 Å². The van der Waals surface area contributed by atoms with E-state index in [2.05, 4.69) is 21.4 Å². The van der Waals surface area contributed by atoms with E-state index in [1.807, 2.05) is 42.2 Å². The van der Waals surface area contributed by atoms with E-state index in [4.69, 9.17) is 9.51 Å². The van der Waals surface area contributed by atoms with Crippen molar-refractivity contribution in [2.45, 2.75) is 94.6 Å². The van der Waals surface area contributed by atoms with Gasteiger partial charge in [-0.15, -0.1) is 0 Å². The van der Waals surface area contributed by atoms with Gasteiger partial charge in [0.1, 0.15) is 5.67 Å². The lowest BCUT2D eigenvalue weighted by atomic mass is 9.53. The molecule has 4 bridgehead atoms. The van der Waals surface area contributed by atoms with E-state index in [1.165, 1.54) is 12.8 Å². The maximum absolute atomic E-state index is 14.9. The van der Waals surface area contributed by atoms with Crippen molar-refractivity contribution in [2.24, 2.45) is 17.3 Å². The van der Waals surface area contributed by atoms with Crippen LogP contribution in [0.15, 0.2) is 40.9 Å². The van der Waals surface area contributed by atoms with Crippen molar-refractivity contribution < 1.29 is 13.7 Å². The summed E-state index contributed by atoms with van der Waals surface area (Å²) in [6, 6.07) is 12.0. The molecule has 0 aliphatic heterocycles. The fourth-order valence-electron chi connectivity index (χ4n) is 8.18. The van der Waals surface area contributed by atoms with Crippen LogP contribution in [0.1, 0.15) is 94.0 Å². The summed E-state index contributed by atoms with van der Waals surface area (Å²) in [6.07, 6.45) is 9.91. The van der Waals surface area contributed by atoms with Crippen LogP contribution in [0.5, 0.6) is 0 Å². The molecule has 1 atom stereocenters.